The molecule has 1 rings (SSSR count). The zero-order valence-electron chi connectivity index (χ0n) is 6.53. The molecule has 0 aromatic carbocycles. The van der Waals surface area contributed by atoms with Gasteiger partial charge >= 0.3 is 0 Å². The molecule has 60 valence electrons. The molecule has 0 N–H and O–H groups in total. The molecule has 0 fully saturated rings. The van der Waals surface area contributed by atoms with Crippen LogP contribution in [0.15, 0.2) is 16.5 Å². The van der Waals surface area contributed by atoms with Gasteiger partial charge in [0.1, 0.15) is 0 Å². The number of rotatable bonds is 3. The molecule has 0 spiro atoms. The first-order valence-electron chi connectivity index (χ1n) is 3.44. The third kappa shape index (κ3) is 2.11. The second-order valence-corrected chi connectivity index (χ2v) is 2.44. The fraction of sp³-hybridized carbons (Fsp3) is 0.375. The summed E-state index contributed by atoms with van der Waals surface area (Å²) < 4.78 is 10.1. The molecule has 0 aliphatic rings. The highest BCUT2D eigenvalue weighted by Gasteiger charge is 2.02. The lowest BCUT2D eigenvalue weighted by Gasteiger charge is -2.03. The van der Waals surface area contributed by atoms with Crippen LogP contribution in [0.2, 0.25) is 0 Å². The third-order valence-corrected chi connectivity index (χ3v) is 1.07. The Balaban J connectivity index is 2.65. The largest absolute Gasteiger partial charge is 0.462 e. The Bertz CT molecular complexity index is 237. The zero-order valence-corrected chi connectivity index (χ0v) is 6.53. The Labute approximate surface area is 65.0 Å². The van der Waals surface area contributed by atoms with Crippen molar-refractivity contribution in [1.29, 1.82) is 0 Å². The fourth-order valence-electron chi connectivity index (χ4n) is 0.693. The van der Waals surface area contributed by atoms with E-state index < -0.39 is 0 Å². The quantitative estimate of drug-likeness (QED) is 0.624. The Hall–Kier alpha value is -1.25. The average molecular weight is 154 g/mol. The topological polar surface area (TPSA) is 39.4 Å². The smallest absolute Gasteiger partial charge is 0.285 e. The van der Waals surface area contributed by atoms with Gasteiger partial charge in [0.2, 0.25) is 0 Å². The molecule has 1 heterocycles. The monoisotopic (exact) mass is 154 g/mol. The van der Waals surface area contributed by atoms with E-state index in [-0.39, 0.29) is 6.10 Å². The van der Waals surface area contributed by atoms with Crippen LogP contribution in [-0.4, -0.2) is 12.4 Å². The van der Waals surface area contributed by atoms with Gasteiger partial charge in [0.25, 0.3) is 5.95 Å². The van der Waals surface area contributed by atoms with Crippen molar-refractivity contribution < 1.29 is 13.9 Å². The summed E-state index contributed by atoms with van der Waals surface area (Å²) in [7, 11) is 0. The molecule has 0 saturated heterocycles. The molecular formula is C8H10O3. The number of furan rings is 1. The summed E-state index contributed by atoms with van der Waals surface area (Å²) >= 11 is 0. The van der Waals surface area contributed by atoms with Crippen molar-refractivity contribution in [2.75, 3.05) is 0 Å². The molecule has 0 aliphatic heterocycles. The van der Waals surface area contributed by atoms with E-state index in [0.29, 0.717) is 18.0 Å². The molecule has 1 aromatic rings. The van der Waals surface area contributed by atoms with E-state index >= 15 is 0 Å². The van der Waals surface area contributed by atoms with Crippen LogP contribution in [0.5, 0.6) is 5.95 Å². The van der Waals surface area contributed by atoms with Gasteiger partial charge < -0.3 is 9.15 Å². The minimum atomic E-state index is 0.0700. The predicted octanol–water partition coefficient (Wildman–Crippen LogP) is 1.88. The van der Waals surface area contributed by atoms with Gasteiger partial charge in [-0.3, -0.25) is 4.79 Å². The van der Waals surface area contributed by atoms with Crippen LogP contribution in [0.3, 0.4) is 0 Å². The van der Waals surface area contributed by atoms with Crippen LogP contribution < -0.4 is 4.74 Å². The van der Waals surface area contributed by atoms with E-state index in [1.54, 1.807) is 12.1 Å². The SMILES string of the molecule is CC(C)Oc1ccc(C=O)o1. The summed E-state index contributed by atoms with van der Waals surface area (Å²) in [5.74, 6) is 0.683. The predicted molar refractivity (Wildman–Crippen MR) is 39.9 cm³/mol. The molecule has 0 atom stereocenters. The Kier molecular flexibility index (Phi) is 2.31. The van der Waals surface area contributed by atoms with E-state index in [2.05, 4.69) is 0 Å². The lowest BCUT2D eigenvalue weighted by molar-refractivity contribution is 0.108. The highest BCUT2D eigenvalue weighted by molar-refractivity contribution is 5.70. The lowest BCUT2D eigenvalue weighted by atomic mass is 10.5. The second kappa shape index (κ2) is 3.23. The molecule has 0 unspecified atom stereocenters. The fourth-order valence-corrected chi connectivity index (χ4v) is 0.693. The van der Waals surface area contributed by atoms with Crippen LogP contribution in [0.25, 0.3) is 0 Å². The second-order valence-electron chi connectivity index (χ2n) is 2.44. The molecule has 0 amide bonds. The van der Waals surface area contributed by atoms with Crippen molar-refractivity contribution >= 4 is 6.29 Å². The van der Waals surface area contributed by atoms with E-state index in [0.717, 1.165) is 0 Å². The molecule has 1 aromatic heterocycles. The number of aldehydes is 1. The van der Waals surface area contributed by atoms with Gasteiger partial charge in [-0.2, -0.15) is 0 Å². The van der Waals surface area contributed by atoms with Crippen LogP contribution in [-0.2, 0) is 0 Å². The van der Waals surface area contributed by atoms with Gasteiger partial charge in [0.15, 0.2) is 12.0 Å². The van der Waals surface area contributed by atoms with E-state index in [1.807, 2.05) is 13.8 Å². The third-order valence-electron chi connectivity index (χ3n) is 1.07. The minimum absolute atomic E-state index is 0.0700. The molecule has 3 heteroatoms. The molecule has 0 aliphatic carbocycles. The first-order valence-corrected chi connectivity index (χ1v) is 3.44. The molecular weight excluding hydrogens is 144 g/mol. The molecule has 11 heavy (non-hydrogen) atoms. The van der Waals surface area contributed by atoms with Gasteiger partial charge in [0.05, 0.1) is 6.10 Å². The normalized spacial score (nSPS) is 10.1. The zero-order chi connectivity index (χ0) is 8.27. The van der Waals surface area contributed by atoms with Crippen molar-refractivity contribution in [1.82, 2.24) is 0 Å². The van der Waals surface area contributed by atoms with Crippen molar-refractivity contribution in [3.63, 3.8) is 0 Å². The van der Waals surface area contributed by atoms with Gasteiger partial charge in [-0.15, -0.1) is 0 Å². The van der Waals surface area contributed by atoms with Crippen LogP contribution in [0.1, 0.15) is 24.4 Å². The maximum atomic E-state index is 10.2. The Morgan fingerprint density at radius 1 is 1.55 bits per heavy atom. The maximum Gasteiger partial charge on any atom is 0.285 e. The van der Waals surface area contributed by atoms with Crippen molar-refractivity contribution in [2.24, 2.45) is 0 Å². The maximum absolute atomic E-state index is 10.2. The number of carbonyl (C=O) groups is 1. The van der Waals surface area contributed by atoms with Gasteiger partial charge in [-0.05, 0) is 19.9 Å². The van der Waals surface area contributed by atoms with Crippen LogP contribution in [0.4, 0.5) is 0 Å². The summed E-state index contributed by atoms with van der Waals surface area (Å²) in [6.45, 7) is 3.78. The lowest BCUT2D eigenvalue weighted by Crippen LogP contribution is -2.04. The number of carbonyl (C=O) groups excluding carboxylic acids is 1. The van der Waals surface area contributed by atoms with E-state index in [4.69, 9.17) is 9.15 Å². The highest BCUT2D eigenvalue weighted by atomic mass is 16.6. The number of hydrogen-bond donors (Lipinski definition) is 0. The average Bonchev–Trinajstić information content (AvgIpc) is 2.34. The van der Waals surface area contributed by atoms with E-state index in [1.165, 1.54) is 0 Å². The summed E-state index contributed by atoms with van der Waals surface area (Å²) in [6, 6.07) is 3.20. The van der Waals surface area contributed by atoms with Gasteiger partial charge in [-0.1, -0.05) is 0 Å². The summed E-state index contributed by atoms with van der Waals surface area (Å²) in [5, 5.41) is 0. The molecule has 3 nitrogen and oxygen atoms in total. The first-order chi connectivity index (χ1) is 5.22. The van der Waals surface area contributed by atoms with Crippen LogP contribution in [0, 0.1) is 0 Å². The van der Waals surface area contributed by atoms with Crippen molar-refractivity contribution in [3.05, 3.63) is 17.9 Å². The molecule has 0 saturated carbocycles. The number of ether oxygens (including phenoxy) is 1. The summed E-state index contributed by atoms with van der Waals surface area (Å²) in [5.41, 5.74) is 0. The minimum Gasteiger partial charge on any atom is -0.462 e. The first kappa shape index (κ1) is 7.85. The Morgan fingerprint density at radius 2 is 2.27 bits per heavy atom. The molecule has 0 bridgehead atoms. The van der Waals surface area contributed by atoms with Crippen LogP contribution >= 0.6 is 0 Å². The number of hydrogen-bond acceptors (Lipinski definition) is 3. The van der Waals surface area contributed by atoms with Gasteiger partial charge in [-0.25, -0.2) is 0 Å². The van der Waals surface area contributed by atoms with Crippen molar-refractivity contribution in [2.45, 2.75) is 20.0 Å². The summed E-state index contributed by atoms with van der Waals surface area (Å²) in [4.78, 5) is 10.2. The van der Waals surface area contributed by atoms with Gasteiger partial charge in [0, 0.05) is 6.07 Å². The Morgan fingerprint density at radius 3 is 2.73 bits per heavy atom. The summed E-state index contributed by atoms with van der Waals surface area (Å²) in [6.07, 6.45) is 0.716. The highest BCUT2D eigenvalue weighted by Crippen LogP contribution is 2.15. The standard InChI is InChI=1S/C8H10O3/c1-6(2)10-8-4-3-7(5-9)11-8/h3-6H,1-2H3. The molecule has 0 radical (unpaired) electrons. The van der Waals surface area contributed by atoms with E-state index in [9.17, 15) is 4.79 Å². The van der Waals surface area contributed by atoms with Crippen molar-refractivity contribution in [3.8, 4) is 5.95 Å².